The van der Waals surface area contributed by atoms with Crippen LogP contribution in [0.5, 0.6) is 11.5 Å². The number of nitrogens with zero attached hydrogens (tertiary/aromatic N) is 3. The third-order valence-electron chi connectivity index (χ3n) is 5.82. The molecule has 2 heterocycles. The lowest BCUT2D eigenvalue weighted by molar-refractivity contribution is 0.102. The second-order valence-corrected chi connectivity index (χ2v) is 8.02. The fourth-order valence-corrected chi connectivity index (χ4v) is 3.91. The van der Waals surface area contributed by atoms with E-state index in [0.29, 0.717) is 22.7 Å². The van der Waals surface area contributed by atoms with E-state index in [0.717, 1.165) is 36.1 Å². The number of piperidine rings is 1. The van der Waals surface area contributed by atoms with Crippen LogP contribution in [0.2, 0.25) is 0 Å². The first kappa shape index (κ1) is 21.6. The van der Waals surface area contributed by atoms with Crippen LogP contribution in [0.15, 0.2) is 54.6 Å². The number of carbonyl (C=O) groups is 1. The highest BCUT2D eigenvalue weighted by Gasteiger charge is 2.18. The molecule has 7 heteroatoms. The third-order valence-corrected chi connectivity index (χ3v) is 5.82. The number of aromatic nitrogens is 2. The summed E-state index contributed by atoms with van der Waals surface area (Å²) in [5, 5.41) is 11.8. The van der Waals surface area contributed by atoms with Gasteiger partial charge in [0.15, 0.2) is 17.3 Å². The third kappa shape index (κ3) is 4.66. The molecule has 7 nitrogen and oxygen atoms in total. The first-order valence-electron chi connectivity index (χ1n) is 10.8. The van der Waals surface area contributed by atoms with Crippen molar-refractivity contribution in [1.82, 2.24) is 10.2 Å². The molecule has 0 atom stereocenters. The minimum Gasteiger partial charge on any atom is -0.493 e. The Morgan fingerprint density at radius 1 is 1.00 bits per heavy atom. The summed E-state index contributed by atoms with van der Waals surface area (Å²) in [7, 11) is 3.06. The molecular weight excluding hydrogens is 404 g/mol. The van der Waals surface area contributed by atoms with E-state index in [9.17, 15) is 4.79 Å². The quantitative estimate of drug-likeness (QED) is 0.611. The minimum absolute atomic E-state index is 0.279. The summed E-state index contributed by atoms with van der Waals surface area (Å²) in [6, 6.07) is 16.8. The standard InChI is InChI=1S/C25H28N4O3/c1-17-12-14-29(15-13-17)23-11-10-21(27-28-23)18-6-4-7-19(16-18)26-25(30)20-8-5-9-22(31-2)24(20)32-3/h4-11,16-17H,12-15H2,1-3H3,(H,26,30). The van der Waals surface area contributed by atoms with Crippen LogP contribution in [0.1, 0.15) is 30.1 Å². The summed E-state index contributed by atoms with van der Waals surface area (Å²) in [4.78, 5) is 15.2. The van der Waals surface area contributed by atoms with Gasteiger partial charge in [-0.25, -0.2) is 0 Å². The zero-order valence-corrected chi connectivity index (χ0v) is 18.7. The summed E-state index contributed by atoms with van der Waals surface area (Å²) in [5.74, 6) is 2.31. The summed E-state index contributed by atoms with van der Waals surface area (Å²) >= 11 is 0. The molecule has 1 saturated heterocycles. The average molecular weight is 433 g/mol. The van der Waals surface area contributed by atoms with Crippen LogP contribution in [0, 0.1) is 5.92 Å². The fourth-order valence-electron chi connectivity index (χ4n) is 3.91. The lowest BCUT2D eigenvalue weighted by Crippen LogP contribution is -2.33. The molecule has 0 unspecified atom stereocenters. The van der Waals surface area contributed by atoms with E-state index in [1.165, 1.54) is 20.0 Å². The van der Waals surface area contributed by atoms with E-state index in [4.69, 9.17) is 9.47 Å². The molecule has 0 bridgehead atoms. The Kier molecular flexibility index (Phi) is 6.54. The van der Waals surface area contributed by atoms with Crippen molar-refractivity contribution in [2.45, 2.75) is 19.8 Å². The van der Waals surface area contributed by atoms with Gasteiger partial charge in [0.2, 0.25) is 0 Å². The van der Waals surface area contributed by atoms with Crippen LogP contribution in [0.3, 0.4) is 0 Å². The molecule has 0 saturated carbocycles. The first-order valence-corrected chi connectivity index (χ1v) is 10.8. The normalized spacial score (nSPS) is 14.2. The molecule has 32 heavy (non-hydrogen) atoms. The van der Waals surface area contributed by atoms with Crippen molar-refractivity contribution >= 4 is 17.4 Å². The van der Waals surface area contributed by atoms with Gasteiger partial charge in [-0.1, -0.05) is 25.1 Å². The number of anilines is 2. The van der Waals surface area contributed by atoms with Gasteiger partial charge in [0.25, 0.3) is 5.91 Å². The van der Waals surface area contributed by atoms with Crippen molar-refractivity contribution in [1.29, 1.82) is 0 Å². The van der Waals surface area contributed by atoms with Gasteiger partial charge in [0.05, 0.1) is 25.5 Å². The van der Waals surface area contributed by atoms with Gasteiger partial charge < -0.3 is 19.7 Å². The Hall–Kier alpha value is -3.61. The number of benzene rings is 2. The molecule has 1 amide bonds. The summed E-state index contributed by atoms with van der Waals surface area (Å²) < 4.78 is 10.7. The second-order valence-electron chi connectivity index (χ2n) is 8.02. The summed E-state index contributed by atoms with van der Waals surface area (Å²) in [6.07, 6.45) is 2.37. The van der Waals surface area contributed by atoms with E-state index < -0.39 is 0 Å². The second kappa shape index (κ2) is 9.68. The number of nitrogens with one attached hydrogen (secondary N) is 1. The average Bonchev–Trinajstić information content (AvgIpc) is 2.84. The van der Waals surface area contributed by atoms with E-state index in [1.807, 2.05) is 36.4 Å². The molecule has 0 aliphatic carbocycles. The maximum absolute atomic E-state index is 12.9. The SMILES string of the molecule is COc1cccc(C(=O)Nc2cccc(-c3ccc(N4CCC(C)CC4)nn3)c2)c1OC. The lowest BCUT2D eigenvalue weighted by atomic mass is 9.99. The maximum Gasteiger partial charge on any atom is 0.259 e. The zero-order valence-electron chi connectivity index (χ0n) is 18.7. The Balaban J connectivity index is 1.50. The number of para-hydroxylation sites is 1. The van der Waals surface area contributed by atoms with E-state index in [-0.39, 0.29) is 5.91 Å². The smallest absolute Gasteiger partial charge is 0.259 e. The van der Waals surface area contributed by atoms with Gasteiger partial charge in [0, 0.05) is 24.3 Å². The van der Waals surface area contributed by atoms with E-state index in [1.54, 1.807) is 25.3 Å². The van der Waals surface area contributed by atoms with Crippen molar-refractivity contribution < 1.29 is 14.3 Å². The van der Waals surface area contributed by atoms with Crippen LogP contribution in [-0.2, 0) is 0 Å². The number of ether oxygens (including phenoxy) is 2. The topological polar surface area (TPSA) is 76.6 Å². The molecule has 1 fully saturated rings. The van der Waals surface area contributed by atoms with Crippen molar-refractivity contribution in [3.8, 4) is 22.8 Å². The largest absolute Gasteiger partial charge is 0.493 e. The van der Waals surface area contributed by atoms with Crippen molar-refractivity contribution in [2.75, 3.05) is 37.5 Å². The van der Waals surface area contributed by atoms with Gasteiger partial charge in [-0.3, -0.25) is 4.79 Å². The number of amides is 1. The van der Waals surface area contributed by atoms with Gasteiger partial charge in [-0.2, -0.15) is 0 Å². The molecule has 1 aromatic heterocycles. The Morgan fingerprint density at radius 2 is 1.78 bits per heavy atom. The number of rotatable bonds is 6. The van der Waals surface area contributed by atoms with E-state index >= 15 is 0 Å². The first-order chi connectivity index (χ1) is 15.6. The molecule has 166 valence electrons. The summed E-state index contributed by atoms with van der Waals surface area (Å²) in [5.41, 5.74) is 2.70. The highest BCUT2D eigenvalue weighted by molar-refractivity contribution is 6.07. The molecule has 3 aromatic rings. The van der Waals surface area contributed by atoms with E-state index in [2.05, 4.69) is 27.3 Å². The molecule has 0 radical (unpaired) electrons. The van der Waals surface area contributed by atoms with Crippen molar-refractivity contribution in [3.05, 3.63) is 60.2 Å². The highest BCUT2D eigenvalue weighted by atomic mass is 16.5. The molecule has 2 aromatic carbocycles. The molecule has 1 N–H and O–H groups in total. The monoisotopic (exact) mass is 432 g/mol. The zero-order chi connectivity index (χ0) is 22.5. The minimum atomic E-state index is -0.279. The number of carbonyl (C=O) groups excluding carboxylic acids is 1. The fraction of sp³-hybridized carbons (Fsp3) is 0.320. The molecule has 1 aliphatic heterocycles. The van der Waals surface area contributed by atoms with Crippen LogP contribution in [0.25, 0.3) is 11.3 Å². The Labute approximate surface area is 188 Å². The van der Waals surface area contributed by atoms with Gasteiger partial charge >= 0.3 is 0 Å². The number of hydrogen-bond donors (Lipinski definition) is 1. The Morgan fingerprint density at radius 3 is 2.47 bits per heavy atom. The number of methoxy groups -OCH3 is 2. The predicted octanol–water partition coefficient (Wildman–Crippen LogP) is 4.65. The van der Waals surface area contributed by atoms with Gasteiger partial charge in [0.1, 0.15) is 0 Å². The van der Waals surface area contributed by atoms with Crippen LogP contribution < -0.4 is 19.7 Å². The molecule has 1 aliphatic rings. The van der Waals surface area contributed by atoms with Crippen LogP contribution in [0.4, 0.5) is 11.5 Å². The number of hydrogen-bond acceptors (Lipinski definition) is 6. The Bertz CT molecular complexity index is 1080. The van der Waals surface area contributed by atoms with Crippen LogP contribution >= 0.6 is 0 Å². The predicted molar refractivity (Wildman–Crippen MR) is 126 cm³/mol. The maximum atomic E-state index is 12.9. The van der Waals surface area contributed by atoms with Crippen LogP contribution in [-0.4, -0.2) is 43.4 Å². The van der Waals surface area contributed by atoms with Gasteiger partial charge in [-0.15, -0.1) is 10.2 Å². The summed E-state index contributed by atoms with van der Waals surface area (Å²) in [6.45, 7) is 4.33. The van der Waals surface area contributed by atoms with Gasteiger partial charge in [-0.05, 0) is 55.2 Å². The molecule has 4 rings (SSSR count). The van der Waals surface area contributed by atoms with Crippen molar-refractivity contribution in [3.63, 3.8) is 0 Å². The molecule has 0 spiro atoms. The molecular formula is C25H28N4O3. The highest BCUT2D eigenvalue weighted by Crippen LogP contribution is 2.31. The lowest BCUT2D eigenvalue weighted by Gasteiger charge is -2.30. The van der Waals surface area contributed by atoms with Crippen molar-refractivity contribution in [2.24, 2.45) is 5.92 Å².